The molecule has 1 atom stereocenters. The highest BCUT2D eigenvalue weighted by atomic mass is 35.5. The number of carbonyl (C=O) groups excluding carboxylic acids is 1. The second-order valence-electron chi connectivity index (χ2n) is 10.7. The quantitative estimate of drug-likeness (QED) is 0.0992. The van der Waals surface area contributed by atoms with Crippen LogP contribution in [0.2, 0.25) is 5.02 Å². The summed E-state index contributed by atoms with van der Waals surface area (Å²) in [6.07, 6.45) is 1.73. The molecule has 238 valence electrons. The molecule has 1 aliphatic rings. The zero-order valence-electron chi connectivity index (χ0n) is 25.9. The number of allylic oxidation sites excluding steroid dienone is 1. The van der Waals surface area contributed by atoms with Crippen molar-refractivity contribution in [2.45, 2.75) is 19.9 Å². The summed E-state index contributed by atoms with van der Waals surface area (Å²) >= 11 is 7.88. The average molecular weight is 667 g/mol. The van der Waals surface area contributed by atoms with Gasteiger partial charge >= 0.3 is 5.97 Å². The fourth-order valence-corrected chi connectivity index (χ4v) is 6.56. The molecule has 1 unspecified atom stereocenters. The maximum absolute atomic E-state index is 14.1. The number of hydrogen-bond donors (Lipinski definition) is 0. The van der Waals surface area contributed by atoms with Crippen LogP contribution < -0.4 is 33.8 Å². The highest BCUT2D eigenvalue weighted by molar-refractivity contribution is 7.07. The number of benzene rings is 4. The molecule has 0 fully saturated rings. The van der Waals surface area contributed by atoms with Crippen LogP contribution in [0.3, 0.4) is 0 Å². The lowest BCUT2D eigenvalue weighted by molar-refractivity contribution is -0.130. The van der Waals surface area contributed by atoms with Crippen molar-refractivity contribution in [3.8, 4) is 23.0 Å². The minimum atomic E-state index is -0.734. The van der Waals surface area contributed by atoms with Gasteiger partial charge in [0.1, 0.15) is 24.7 Å². The third kappa shape index (κ3) is 7.01. The van der Waals surface area contributed by atoms with Crippen LogP contribution in [-0.2, 0) is 4.79 Å². The second kappa shape index (κ2) is 14.1. The molecule has 1 aromatic heterocycles. The largest absolute Gasteiger partial charge is 0.493 e. The molecule has 0 radical (unpaired) electrons. The van der Waals surface area contributed by atoms with Gasteiger partial charge in [-0.05, 0) is 67.4 Å². The number of methoxy groups -OCH3 is 1. The van der Waals surface area contributed by atoms with Crippen molar-refractivity contribution in [2.75, 3.05) is 20.3 Å². The van der Waals surface area contributed by atoms with E-state index in [2.05, 4.69) is 4.99 Å². The summed E-state index contributed by atoms with van der Waals surface area (Å²) in [7, 11) is 1.53. The van der Waals surface area contributed by atoms with E-state index in [9.17, 15) is 9.59 Å². The topological polar surface area (TPSA) is 88.4 Å². The Hall–Kier alpha value is -5.12. The predicted octanol–water partition coefficient (Wildman–Crippen LogP) is 6.27. The van der Waals surface area contributed by atoms with E-state index in [4.69, 9.17) is 30.5 Å². The minimum absolute atomic E-state index is 0.246. The number of aryl methyl sites for hydroxylation is 1. The van der Waals surface area contributed by atoms with Crippen LogP contribution in [-0.4, -0.2) is 30.9 Å². The summed E-state index contributed by atoms with van der Waals surface area (Å²) < 4.78 is 25.0. The first kappa shape index (κ1) is 31.8. The Morgan fingerprint density at radius 1 is 0.915 bits per heavy atom. The Morgan fingerprint density at radius 3 is 2.30 bits per heavy atom. The van der Waals surface area contributed by atoms with Crippen LogP contribution in [0.15, 0.2) is 118 Å². The monoisotopic (exact) mass is 666 g/mol. The number of para-hydroxylation sites is 1. The zero-order valence-corrected chi connectivity index (χ0v) is 27.5. The fraction of sp³-hybridized carbons (Fsp3) is 0.162. The SMILES string of the molecule is COc1cc(/C=c2\sc3n(c2=O)C(c2ccccc2)C(C(=O)Oc2ccccc2)=C(C)N=3)cc(Cl)c1OCCOc1ccc(C)cc1. The summed E-state index contributed by atoms with van der Waals surface area (Å²) in [4.78, 5) is 32.8. The number of thiazole rings is 1. The number of esters is 1. The smallest absolute Gasteiger partial charge is 0.343 e. The molecule has 10 heteroatoms. The van der Waals surface area contributed by atoms with Crippen molar-refractivity contribution in [3.05, 3.63) is 150 Å². The van der Waals surface area contributed by atoms with E-state index in [1.807, 2.05) is 67.6 Å². The lowest BCUT2D eigenvalue weighted by Crippen LogP contribution is -2.40. The number of halogens is 1. The Balaban J connectivity index is 1.31. The van der Waals surface area contributed by atoms with Crippen molar-refractivity contribution >= 4 is 35.0 Å². The summed E-state index contributed by atoms with van der Waals surface area (Å²) in [6, 6.07) is 28.7. The number of nitrogens with zero attached hydrogens (tertiary/aromatic N) is 2. The molecule has 0 saturated carbocycles. The van der Waals surface area contributed by atoms with E-state index in [0.717, 1.165) is 16.9 Å². The summed E-state index contributed by atoms with van der Waals surface area (Å²) in [5, 5.41) is 0.322. The summed E-state index contributed by atoms with van der Waals surface area (Å²) in [5.41, 5.74) is 3.01. The van der Waals surface area contributed by atoms with E-state index >= 15 is 0 Å². The van der Waals surface area contributed by atoms with E-state index in [1.54, 1.807) is 54.0 Å². The third-order valence-electron chi connectivity index (χ3n) is 7.48. The first-order valence-electron chi connectivity index (χ1n) is 14.9. The molecule has 0 spiro atoms. The van der Waals surface area contributed by atoms with Crippen LogP contribution in [0, 0.1) is 6.92 Å². The van der Waals surface area contributed by atoms with Crippen LogP contribution in [0.25, 0.3) is 6.08 Å². The molecule has 0 amide bonds. The number of hydrogen-bond acceptors (Lipinski definition) is 8. The molecule has 5 aromatic rings. The van der Waals surface area contributed by atoms with Gasteiger partial charge in [-0.2, -0.15) is 0 Å². The Morgan fingerprint density at radius 2 is 1.60 bits per heavy atom. The van der Waals surface area contributed by atoms with Crippen LogP contribution >= 0.6 is 22.9 Å². The standard InChI is InChI=1S/C37H31ClN2O6S/c1-23-14-16-27(17-15-23)44-18-19-45-34-29(38)20-25(21-30(34)43-3)22-31-35(41)40-33(26-10-6-4-7-11-26)32(24(2)39-37(40)47-31)36(42)46-28-12-8-5-9-13-28/h4-17,20-22,33H,18-19H2,1-3H3/b31-22-. The summed E-state index contributed by atoms with van der Waals surface area (Å²) in [5.74, 6) is 1.37. The van der Waals surface area contributed by atoms with Crippen molar-refractivity contribution in [1.82, 2.24) is 4.57 Å². The molecule has 6 rings (SSSR count). The zero-order chi connectivity index (χ0) is 32.9. The first-order valence-corrected chi connectivity index (χ1v) is 16.1. The van der Waals surface area contributed by atoms with E-state index < -0.39 is 12.0 Å². The predicted molar refractivity (Wildman–Crippen MR) is 182 cm³/mol. The lowest BCUT2D eigenvalue weighted by Gasteiger charge is -2.24. The normalized spacial score (nSPS) is 14.3. The van der Waals surface area contributed by atoms with Gasteiger partial charge in [0.25, 0.3) is 5.56 Å². The van der Waals surface area contributed by atoms with Crippen molar-refractivity contribution in [2.24, 2.45) is 4.99 Å². The van der Waals surface area contributed by atoms with Gasteiger partial charge in [0.2, 0.25) is 0 Å². The molecule has 0 N–H and O–H groups in total. The highest BCUT2D eigenvalue weighted by Gasteiger charge is 2.33. The van der Waals surface area contributed by atoms with Gasteiger partial charge in [-0.1, -0.05) is 89.2 Å². The fourth-order valence-electron chi connectivity index (χ4n) is 5.24. The molecule has 0 saturated heterocycles. The number of carbonyl (C=O) groups is 1. The molecular weight excluding hydrogens is 636 g/mol. The van der Waals surface area contributed by atoms with Crippen molar-refractivity contribution in [3.63, 3.8) is 0 Å². The van der Waals surface area contributed by atoms with Gasteiger partial charge < -0.3 is 18.9 Å². The van der Waals surface area contributed by atoms with Gasteiger partial charge in [-0.15, -0.1) is 0 Å². The van der Waals surface area contributed by atoms with Gasteiger partial charge in [-0.25, -0.2) is 9.79 Å². The van der Waals surface area contributed by atoms with Gasteiger partial charge in [0.15, 0.2) is 16.3 Å². The number of ether oxygens (including phenoxy) is 4. The number of rotatable bonds is 10. The maximum Gasteiger partial charge on any atom is 0.343 e. The highest BCUT2D eigenvalue weighted by Crippen LogP contribution is 2.37. The third-order valence-corrected chi connectivity index (χ3v) is 8.74. The Labute approximate surface area is 280 Å². The minimum Gasteiger partial charge on any atom is -0.493 e. The summed E-state index contributed by atoms with van der Waals surface area (Å²) in [6.45, 7) is 4.33. The van der Waals surface area contributed by atoms with Crippen molar-refractivity contribution in [1.29, 1.82) is 0 Å². The van der Waals surface area contributed by atoms with Gasteiger partial charge in [0, 0.05) is 0 Å². The second-order valence-corrected chi connectivity index (χ2v) is 12.2. The Bertz CT molecular complexity index is 2120. The molecule has 1 aliphatic heterocycles. The van der Waals surface area contributed by atoms with Crippen molar-refractivity contribution < 1.29 is 23.7 Å². The lowest BCUT2D eigenvalue weighted by atomic mass is 9.96. The van der Waals surface area contributed by atoms with E-state index in [-0.39, 0.29) is 17.7 Å². The average Bonchev–Trinajstić information content (AvgIpc) is 3.38. The maximum atomic E-state index is 14.1. The molecule has 0 bridgehead atoms. The molecule has 2 heterocycles. The van der Waals surface area contributed by atoms with Crippen LogP contribution in [0.4, 0.5) is 0 Å². The first-order chi connectivity index (χ1) is 22.8. The molecule has 0 aliphatic carbocycles. The van der Waals surface area contributed by atoms with Gasteiger partial charge in [0.05, 0.1) is 34.0 Å². The Kier molecular flexibility index (Phi) is 9.56. The molecular formula is C37H31ClN2O6S. The van der Waals surface area contributed by atoms with E-state index in [1.165, 1.54) is 18.4 Å². The van der Waals surface area contributed by atoms with Crippen LogP contribution in [0.5, 0.6) is 23.0 Å². The molecule has 8 nitrogen and oxygen atoms in total. The molecule has 4 aromatic carbocycles. The molecule has 47 heavy (non-hydrogen) atoms. The van der Waals surface area contributed by atoms with Crippen LogP contribution in [0.1, 0.15) is 29.7 Å². The van der Waals surface area contributed by atoms with Gasteiger partial charge in [-0.3, -0.25) is 9.36 Å². The van der Waals surface area contributed by atoms with E-state index in [0.29, 0.717) is 49.5 Å². The number of aromatic nitrogens is 1. The number of fused-ring (bicyclic) bond motifs is 1.